The molecule has 132 valence electrons. The van der Waals surface area contributed by atoms with E-state index in [-0.39, 0.29) is 24.8 Å². The molecule has 2 aromatic rings. The van der Waals surface area contributed by atoms with Crippen molar-refractivity contribution in [3.05, 3.63) is 42.1 Å². The van der Waals surface area contributed by atoms with Gasteiger partial charge in [-0.2, -0.15) is 0 Å². The predicted molar refractivity (Wildman–Crippen MR) is 105 cm³/mol. The van der Waals surface area contributed by atoms with Crippen LogP contribution in [-0.2, 0) is 0 Å². The average molecular weight is 368 g/mol. The molecule has 0 amide bonds. The van der Waals surface area contributed by atoms with Crippen LogP contribution in [-0.4, -0.2) is 36.1 Å². The number of pyridine rings is 1. The maximum absolute atomic E-state index is 4.57. The quantitative estimate of drug-likeness (QED) is 0.880. The van der Waals surface area contributed by atoms with Crippen LogP contribution >= 0.6 is 24.8 Å². The fourth-order valence-corrected chi connectivity index (χ4v) is 4.36. The third kappa shape index (κ3) is 3.85. The van der Waals surface area contributed by atoms with Gasteiger partial charge in [0.1, 0.15) is 0 Å². The number of rotatable bonds is 3. The van der Waals surface area contributed by atoms with Gasteiger partial charge in [-0.05, 0) is 36.5 Å². The van der Waals surface area contributed by atoms with Gasteiger partial charge in [0.25, 0.3) is 0 Å². The Labute approximate surface area is 157 Å². The molecule has 1 aliphatic carbocycles. The van der Waals surface area contributed by atoms with Crippen LogP contribution in [0.4, 0.5) is 0 Å². The molecule has 2 heterocycles. The summed E-state index contributed by atoms with van der Waals surface area (Å²) in [4.78, 5) is 7.28. The highest BCUT2D eigenvalue weighted by Crippen LogP contribution is 2.41. The highest BCUT2D eigenvalue weighted by molar-refractivity contribution is 5.85. The largest absolute Gasteiger partial charge is 0.314 e. The van der Waals surface area contributed by atoms with Crippen LogP contribution in [0.25, 0.3) is 10.9 Å². The maximum atomic E-state index is 4.57. The van der Waals surface area contributed by atoms with Gasteiger partial charge in [-0.25, -0.2) is 0 Å². The first-order valence-corrected chi connectivity index (χ1v) is 8.72. The van der Waals surface area contributed by atoms with E-state index < -0.39 is 0 Å². The number of fused-ring (bicyclic) bond motifs is 1. The minimum atomic E-state index is 0. The second-order valence-corrected chi connectivity index (χ2v) is 6.69. The van der Waals surface area contributed by atoms with Crippen molar-refractivity contribution in [1.29, 1.82) is 0 Å². The van der Waals surface area contributed by atoms with Crippen LogP contribution in [0.2, 0.25) is 0 Å². The zero-order valence-corrected chi connectivity index (χ0v) is 15.6. The van der Waals surface area contributed by atoms with Gasteiger partial charge in [-0.15, -0.1) is 24.8 Å². The monoisotopic (exact) mass is 367 g/mol. The van der Waals surface area contributed by atoms with Crippen molar-refractivity contribution in [3.63, 3.8) is 0 Å². The van der Waals surface area contributed by atoms with E-state index in [0.29, 0.717) is 6.04 Å². The summed E-state index contributed by atoms with van der Waals surface area (Å²) in [5.74, 6) is 0.809. The highest BCUT2D eigenvalue weighted by atomic mass is 35.5. The summed E-state index contributed by atoms with van der Waals surface area (Å²) in [6, 6.07) is 11.5. The van der Waals surface area contributed by atoms with Gasteiger partial charge >= 0.3 is 0 Å². The fraction of sp³-hybridized carbons (Fsp3) is 0.526. The summed E-state index contributed by atoms with van der Waals surface area (Å²) in [7, 11) is 0. The van der Waals surface area contributed by atoms with Crippen LogP contribution in [0, 0.1) is 5.92 Å². The number of para-hydroxylation sites is 1. The summed E-state index contributed by atoms with van der Waals surface area (Å²) >= 11 is 0. The standard InChI is InChI=1S/C19H25N3.2ClH/c1-2-6-15(5-1)19(22-13-11-20-12-14-22)17-9-10-21-18-8-4-3-7-16(17)18;;/h3-4,7-10,15,19-20H,1-2,5-6,11-14H2;2*1H/t19-;;/m0../s1. The van der Waals surface area contributed by atoms with Crippen molar-refractivity contribution >= 4 is 35.7 Å². The van der Waals surface area contributed by atoms with Crippen LogP contribution in [0.1, 0.15) is 37.3 Å². The Morgan fingerprint density at radius 1 is 1.00 bits per heavy atom. The lowest BCUT2D eigenvalue weighted by atomic mass is 9.88. The molecule has 1 aliphatic heterocycles. The Kier molecular flexibility index (Phi) is 7.30. The van der Waals surface area contributed by atoms with Gasteiger partial charge in [0.15, 0.2) is 0 Å². The van der Waals surface area contributed by atoms with Crippen LogP contribution < -0.4 is 5.32 Å². The Balaban J connectivity index is 0.00000104. The third-order valence-electron chi connectivity index (χ3n) is 5.39. The molecule has 24 heavy (non-hydrogen) atoms. The number of piperazine rings is 1. The Morgan fingerprint density at radius 2 is 1.71 bits per heavy atom. The van der Waals surface area contributed by atoms with Gasteiger partial charge < -0.3 is 5.32 Å². The number of nitrogens with zero attached hydrogens (tertiary/aromatic N) is 2. The van der Waals surface area contributed by atoms with E-state index in [1.54, 1.807) is 0 Å². The van der Waals surface area contributed by atoms with E-state index in [1.165, 1.54) is 36.6 Å². The molecular weight excluding hydrogens is 341 g/mol. The molecule has 5 heteroatoms. The number of hydrogen-bond acceptors (Lipinski definition) is 3. The fourth-order valence-electron chi connectivity index (χ4n) is 4.36. The number of benzene rings is 1. The van der Waals surface area contributed by atoms with Gasteiger partial charge in [-0.3, -0.25) is 9.88 Å². The van der Waals surface area contributed by atoms with E-state index in [0.717, 1.165) is 37.6 Å². The second-order valence-electron chi connectivity index (χ2n) is 6.69. The second kappa shape index (κ2) is 9.00. The van der Waals surface area contributed by atoms with Crippen LogP contribution in [0.3, 0.4) is 0 Å². The predicted octanol–water partition coefficient (Wildman–Crippen LogP) is 4.21. The van der Waals surface area contributed by atoms with Crippen molar-refractivity contribution < 1.29 is 0 Å². The molecule has 0 radical (unpaired) electrons. The molecule has 0 bridgehead atoms. The van der Waals surface area contributed by atoms with Crippen LogP contribution in [0.15, 0.2) is 36.5 Å². The Bertz CT molecular complexity index is 632. The molecule has 3 nitrogen and oxygen atoms in total. The molecule has 1 saturated heterocycles. The number of hydrogen-bond donors (Lipinski definition) is 1. The molecule has 0 spiro atoms. The summed E-state index contributed by atoms with van der Waals surface area (Å²) < 4.78 is 0. The zero-order valence-electron chi connectivity index (χ0n) is 14.0. The van der Waals surface area contributed by atoms with Gasteiger partial charge in [-0.1, -0.05) is 31.0 Å². The molecule has 1 atom stereocenters. The molecular formula is C19H27Cl2N3. The van der Waals surface area contributed by atoms with E-state index in [4.69, 9.17) is 0 Å². The van der Waals surface area contributed by atoms with Crippen molar-refractivity contribution in [2.24, 2.45) is 5.92 Å². The Hall–Kier alpha value is -0.870. The molecule has 4 rings (SSSR count). The average Bonchev–Trinajstić information content (AvgIpc) is 3.11. The topological polar surface area (TPSA) is 28.2 Å². The van der Waals surface area contributed by atoms with E-state index >= 15 is 0 Å². The SMILES string of the molecule is Cl.Cl.c1ccc2c([C@H](C3CCCC3)N3CCNCC3)ccnc2c1. The zero-order chi connectivity index (χ0) is 14.8. The minimum absolute atomic E-state index is 0. The lowest BCUT2D eigenvalue weighted by Crippen LogP contribution is -2.46. The summed E-state index contributed by atoms with van der Waals surface area (Å²) in [6.07, 6.45) is 7.56. The first-order chi connectivity index (χ1) is 10.9. The lowest BCUT2D eigenvalue weighted by molar-refractivity contribution is 0.126. The molecule has 2 fully saturated rings. The lowest BCUT2D eigenvalue weighted by Gasteiger charge is -2.39. The smallest absolute Gasteiger partial charge is 0.0705 e. The molecule has 0 unspecified atom stereocenters. The molecule has 1 N–H and O–H groups in total. The van der Waals surface area contributed by atoms with Crippen molar-refractivity contribution in [2.75, 3.05) is 26.2 Å². The first-order valence-electron chi connectivity index (χ1n) is 8.72. The van der Waals surface area contributed by atoms with Crippen molar-refractivity contribution in [2.45, 2.75) is 31.7 Å². The first kappa shape index (κ1) is 19.5. The van der Waals surface area contributed by atoms with Gasteiger partial charge in [0, 0.05) is 43.8 Å². The third-order valence-corrected chi connectivity index (χ3v) is 5.39. The summed E-state index contributed by atoms with van der Waals surface area (Å²) in [5.41, 5.74) is 2.64. The maximum Gasteiger partial charge on any atom is 0.0705 e. The van der Waals surface area contributed by atoms with Crippen molar-refractivity contribution in [3.8, 4) is 0 Å². The van der Waals surface area contributed by atoms with E-state index in [2.05, 4.69) is 45.5 Å². The number of aromatic nitrogens is 1. The highest BCUT2D eigenvalue weighted by Gasteiger charge is 2.32. The van der Waals surface area contributed by atoms with Gasteiger partial charge in [0.05, 0.1) is 5.52 Å². The minimum Gasteiger partial charge on any atom is -0.314 e. The molecule has 1 saturated carbocycles. The number of nitrogens with one attached hydrogen (secondary N) is 1. The van der Waals surface area contributed by atoms with Gasteiger partial charge in [0.2, 0.25) is 0 Å². The molecule has 2 aliphatic rings. The van der Waals surface area contributed by atoms with E-state index in [9.17, 15) is 0 Å². The molecule has 1 aromatic carbocycles. The van der Waals surface area contributed by atoms with Crippen LogP contribution in [0.5, 0.6) is 0 Å². The molecule has 1 aromatic heterocycles. The van der Waals surface area contributed by atoms with E-state index in [1.807, 2.05) is 6.20 Å². The summed E-state index contributed by atoms with van der Waals surface area (Å²) in [5, 5.41) is 4.84. The Morgan fingerprint density at radius 3 is 2.46 bits per heavy atom. The van der Waals surface area contributed by atoms with Crippen molar-refractivity contribution in [1.82, 2.24) is 15.2 Å². The number of halogens is 2. The normalized spacial score (nSPS) is 20.3. The summed E-state index contributed by atoms with van der Waals surface area (Å²) in [6.45, 7) is 4.56.